The van der Waals surface area contributed by atoms with Crippen LogP contribution in [-0.2, 0) is 7.05 Å². The van der Waals surface area contributed by atoms with E-state index in [9.17, 15) is 4.79 Å². The van der Waals surface area contributed by atoms with Gasteiger partial charge >= 0.3 is 0 Å². The second-order valence-electron chi connectivity index (χ2n) is 6.90. The minimum atomic E-state index is -0.0355. The first-order valence-corrected chi connectivity index (χ1v) is 8.74. The molecule has 3 heterocycles. The third kappa shape index (κ3) is 2.38. The summed E-state index contributed by atoms with van der Waals surface area (Å²) in [5, 5.41) is 1.03. The SMILES string of the molecule is C[C@H](C(=O)c1c[nH]c2ccccc12)[NH+]1CCC[C@@H]1c1cccn1C. The number of carbonyl (C=O) groups excluding carboxylic acids is 1. The number of ketones is 1. The van der Waals surface area contributed by atoms with Crippen LogP contribution in [0.3, 0.4) is 0 Å². The highest BCUT2D eigenvalue weighted by atomic mass is 16.1. The van der Waals surface area contributed by atoms with Gasteiger partial charge in [-0.2, -0.15) is 0 Å². The van der Waals surface area contributed by atoms with Crippen LogP contribution in [0.4, 0.5) is 0 Å². The van der Waals surface area contributed by atoms with E-state index in [2.05, 4.69) is 41.9 Å². The number of carbonyl (C=O) groups is 1. The van der Waals surface area contributed by atoms with Gasteiger partial charge in [-0.25, -0.2) is 0 Å². The van der Waals surface area contributed by atoms with Crippen molar-refractivity contribution < 1.29 is 9.69 Å². The van der Waals surface area contributed by atoms with Crippen molar-refractivity contribution in [3.05, 3.63) is 60.0 Å². The van der Waals surface area contributed by atoms with Gasteiger partial charge in [0.1, 0.15) is 12.1 Å². The third-order valence-electron chi connectivity index (χ3n) is 5.55. The van der Waals surface area contributed by atoms with Gasteiger partial charge in [0, 0.05) is 48.7 Å². The minimum Gasteiger partial charge on any atom is -0.360 e. The van der Waals surface area contributed by atoms with Crippen molar-refractivity contribution in [1.82, 2.24) is 9.55 Å². The van der Waals surface area contributed by atoms with Crippen LogP contribution in [0, 0.1) is 0 Å². The van der Waals surface area contributed by atoms with E-state index in [0.29, 0.717) is 6.04 Å². The number of nitrogens with zero attached hydrogens (tertiary/aromatic N) is 1. The molecule has 1 fully saturated rings. The number of aryl methyl sites for hydroxylation is 1. The fraction of sp³-hybridized carbons (Fsp3) is 0.350. The van der Waals surface area contributed by atoms with E-state index in [0.717, 1.165) is 29.4 Å². The number of aromatic nitrogens is 2. The van der Waals surface area contributed by atoms with E-state index in [1.165, 1.54) is 17.0 Å². The summed E-state index contributed by atoms with van der Waals surface area (Å²) in [6.45, 7) is 3.14. The van der Waals surface area contributed by atoms with Crippen molar-refractivity contribution in [1.29, 1.82) is 0 Å². The van der Waals surface area contributed by atoms with Crippen molar-refractivity contribution in [2.24, 2.45) is 7.05 Å². The van der Waals surface area contributed by atoms with Crippen molar-refractivity contribution in [3.63, 3.8) is 0 Å². The van der Waals surface area contributed by atoms with Crippen LogP contribution in [0.2, 0.25) is 0 Å². The number of aromatic amines is 1. The average Bonchev–Trinajstić information content (AvgIpc) is 3.31. The van der Waals surface area contributed by atoms with Gasteiger partial charge in [0.15, 0.2) is 0 Å². The second-order valence-corrected chi connectivity index (χ2v) is 6.90. The highest BCUT2D eigenvalue weighted by molar-refractivity contribution is 6.09. The van der Waals surface area contributed by atoms with Crippen molar-refractivity contribution in [2.75, 3.05) is 6.54 Å². The molecule has 0 spiro atoms. The van der Waals surface area contributed by atoms with Gasteiger partial charge in [0.25, 0.3) is 0 Å². The van der Waals surface area contributed by atoms with E-state index < -0.39 is 0 Å². The predicted octanol–water partition coefficient (Wildman–Crippen LogP) is 2.50. The Morgan fingerprint density at radius 3 is 2.92 bits per heavy atom. The summed E-state index contributed by atoms with van der Waals surface area (Å²) in [7, 11) is 2.09. The predicted molar refractivity (Wildman–Crippen MR) is 95.3 cm³/mol. The van der Waals surface area contributed by atoms with Crippen LogP contribution in [0.1, 0.15) is 41.9 Å². The molecule has 0 amide bonds. The maximum absolute atomic E-state index is 13.2. The molecule has 124 valence electrons. The van der Waals surface area contributed by atoms with Crippen LogP contribution in [0.25, 0.3) is 10.9 Å². The molecule has 0 saturated carbocycles. The molecule has 0 aliphatic carbocycles. The highest BCUT2D eigenvalue weighted by Gasteiger charge is 2.38. The second kappa shape index (κ2) is 5.95. The van der Waals surface area contributed by atoms with E-state index in [1.807, 2.05) is 30.5 Å². The Labute approximate surface area is 142 Å². The Kier molecular flexibility index (Phi) is 3.77. The lowest BCUT2D eigenvalue weighted by molar-refractivity contribution is -0.932. The van der Waals surface area contributed by atoms with E-state index in [-0.39, 0.29) is 11.8 Å². The molecule has 2 aromatic heterocycles. The van der Waals surface area contributed by atoms with Crippen molar-refractivity contribution in [2.45, 2.75) is 31.8 Å². The molecule has 2 N–H and O–H groups in total. The molecule has 1 aromatic carbocycles. The number of H-pyrrole nitrogens is 1. The molecule has 0 bridgehead atoms. The Balaban J connectivity index is 1.64. The minimum absolute atomic E-state index is 0.0355. The highest BCUT2D eigenvalue weighted by Crippen LogP contribution is 2.22. The Hall–Kier alpha value is -2.33. The number of Topliss-reactive ketones (excluding diaryl/α,β-unsaturated/α-hetero) is 1. The number of rotatable bonds is 4. The topological polar surface area (TPSA) is 42.2 Å². The maximum Gasteiger partial charge on any atom is 0.221 e. The fourth-order valence-electron chi connectivity index (χ4n) is 4.24. The Morgan fingerprint density at radius 2 is 2.12 bits per heavy atom. The molecule has 3 atom stereocenters. The van der Waals surface area contributed by atoms with Gasteiger partial charge in [-0.1, -0.05) is 18.2 Å². The number of para-hydroxylation sites is 1. The Morgan fingerprint density at radius 1 is 1.29 bits per heavy atom. The number of hydrogen-bond acceptors (Lipinski definition) is 1. The first kappa shape index (κ1) is 15.2. The standard InChI is InChI=1S/C20H23N3O/c1-14(20(24)16-13-21-17-8-4-3-7-15(16)17)23-12-6-10-19(23)18-9-5-11-22(18)2/h3-5,7-9,11,13-14,19,21H,6,10,12H2,1-2H3/p+1/t14-,19-/m1/s1. The summed E-state index contributed by atoms with van der Waals surface area (Å²) in [4.78, 5) is 17.8. The van der Waals surface area contributed by atoms with Gasteiger partial charge in [-0.15, -0.1) is 0 Å². The monoisotopic (exact) mass is 322 g/mol. The summed E-state index contributed by atoms with van der Waals surface area (Å²) in [6.07, 6.45) is 6.29. The lowest BCUT2D eigenvalue weighted by Gasteiger charge is -2.27. The van der Waals surface area contributed by atoms with Gasteiger partial charge in [0.05, 0.1) is 12.2 Å². The molecule has 24 heavy (non-hydrogen) atoms. The van der Waals surface area contributed by atoms with Crippen LogP contribution >= 0.6 is 0 Å². The molecule has 4 nitrogen and oxygen atoms in total. The number of nitrogens with one attached hydrogen (secondary N) is 2. The summed E-state index contributed by atoms with van der Waals surface area (Å²) < 4.78 is 2.19. The fourth-order valence-corrected chi connectivity index (χ4v) is 4.24. The molecule has 1 unspecified atom stereocenters. The number of fused-ring (bicyclic) bond motifs is 1. The number of likely N-dealkylation sites (tertiary alicyclic amines) is 1. The normalized spacial score (nSPS) is 22.1. The van der Waals surface area contributed by atoms with Gasteiger partial charge in [-0.05, 0) is 25.1 Å². The molecule has 1 aliphatic rings. The van der Waals surface area contributed by atoms with Gasteiger partial charge < -0.3 is 14.5 Å². The third-order valence-corrected chi connectivity index (χ3v) is 5.55. The number of hydrogen-bond donors (Lipinski definition) is 2. The van der Waals surface area contributed by atoms with Crippen LogP contribution in [0.5, 0.6) is 0 Å². The zero-order valence-electron chi connectivity index (χ0n) is 14.3. The lowest BCUT2D eigenvalue weighted by Crippen LogP contribution is -3.14. The van der Waals surface area contributed by atoms with Gasteiger partial charge in [0.2, 0.25) is 5.78 Å². The van der Waals surface area contributed by atoms with Crippen LogP contribution in [0.15, 0.2) is 48.8 Å². The summed E-state index contributed by atoms with van der Waals surface area (Å²) >= 11 is 0. The van der Waals surface area contributed by atoms with Crippen LogP contribution < -0.4 is 4.90 Å². The van der Waals surface area contributed by atoms with Gasteiger partial charge in [-0.3, -0.25) is 4.79 Å². The first-order chi connectivity index (χ1) is 11.7. The summed E-state index contributed by atoms with van der Waals surface area (Å²) in [5.41, 5.74) is 3.19. The molecule has 1 aliphatic heterocycles. The zero-order valence-corrected chi connectivity index (χ0v) is 14.3. The average molecular weight is 322 g/mol. The molecule has 1 saturated heterocycles. The largest absolute Gasteiger partial charge is 0.360 e. The molecule has 3 aromatic rings. The first-order valence-electron chi connectivity index (χ1n) is 8.74. The van der Waals surface area contributed by atoms with E-state index in [1.54, 1.807) is 0 Å². The quantitative estimate of drug-likeness (QED) is 0.712. The molecular formula is C20H24N3O+. The van der Waals surface area contributed by atoms with Crippen molar-refractivity contribution in [3.8, 4) is 0 Å². The number of benzene rings is 1. The Bertz CT molecular complexity index is 876. The maximum atomic E-state index is 13.2. The zero-order chi connectivity index (χ0) is 16.7. The summed E-state index contributed by atoms with van der Waals surface area (Å²) in [6, 6.07) is 12.7. The van der Waals surface area contributed by atoms with E-state index >= 15 is 0 Å². The summed E-state index contributed by atoms with van der Waals surface area (Å²) in [5.74, 6) is 0.239. The molecular weight excluding hydrogens is 298 g/mol. The van der Waals surface area contributed by atoms with Crippen molar-refractivity contribution >= 4 is 16.7 Å². The van der Waals surface area contributed by atoms with E-state index in [4.69, 9.17) is 0 Å². The molecule has 4 heteroatoms. The lowest BCUT2D eigenvalue weighted by atomic mass is 10.0. The smallest absolute Gasteiger partial charge is 0.221 e. The molecule has 4 rings (SSSR count). The van der Waals surface area contributed by atoms with Crippen LogP contribution in [-0.4, -0.2) is 27.9 Å². The number of quaternary nitrogens is 1. The molecule has 0 radical (unpaired) electrons.